The molecule has 0 radical (unpaired) electrons. The molecule has 4 nitrogen and oxygen atoms in total. The van der Waals surface area contributed by atoms with E-state index in [0.717, 1.165) is 21.8 Å². The Morgan fingerprint density at radius 3 is 2.84 bits per heavy atom. The number of aromatic nitrogens is 1. The predicted molar refractivity (Wildman–Crippen MR) is 103 cm³/mol. The highest BCUT2D eigenvalue weighted by Gasteiger charge is 2.12. The van der Waals surface area contributed by atoms with Crippen molar-refractivity contribution in [2.45, 2.75) is 6.92 Å². The highest BCUT2D eigenvalue weighted by Crippen LogP contribution is 2.28. The molecule has 0 saturated heterocycles. The maximum absolute atomic E-state index is 12.3. The van der Waals surface area contributed by atoms with Crippen LogP contribution in [0.5, 0.6) is 0 Å². The van der Waals surface area contributed by atoms with E-state index < -0.39 is 5.63 Å². The Kier molecular flexibility index (Phi) is 4.03. The number of aryl methyl sites for hydroxylation is 1. The van der Waals surface area contributed by atoms with E-state index >= 15 is 0 Å². The summed E-state index contributed by atoms with van der Waals surface area (Å²) in [5.41, 5.74) is 3.20. The number of rotatable bonds is 3. The Balaban J connectivity index is 1.72. The van der Waals surface area contributed by atoms with E-state index in [1.807, 2.05) is 36.6 Å². The average molecular weight is 369 g/mol. The second-order valence-corrected chi connectivity index (χ2v) is 6.90. The minimum atomic E-state index is -0.414. The van der Waals surface area contributed by atoms with Crippen LogP contribution in [-0.2, 0) is 0 Å². The minimum Gasteiger partial charge on any atom is -0.422 e. The topological polar surface area (TPSA) is 55.1 Å². The molecule has 0 unspecified atom stereocenters. The van der Waals surface area contributed by atoms with Gasteiger partial charge in [0, 0.05) is 21.5 Å². The number of fused-ring (bicyclic) bond motifs is 1. The molecule has 0 bridgehead atoms. The molecule has 2 aromatic heterocycles. The van der Waals surface area contributed by atoms with Crippen molar-refractivity contribution in [3.8, 4) is 11.3 Å². The summed E-state index contributed by atoms with van der Waals surface area (Å²) in [5.74, 6) is 0. The van der Waals surface area contributed by atoms with Gasteiger partial charge in [-0.05, 0) is 42.8 Å². The normalized spacial score (nSPS) is 11.0. The Hall–Kier alpha value is -2.63. The maximum Gasteiger partial charge on any atom is 0.345 e. The van der Waals surface area contributed by atoms with Gasteiger partial charge < -0.3 is 9.73 Å². The first-order valence-electron chi connectivity index (χ1n) is 7.62. The zero-order chi connectivity index (χ0) is 17.4. The highest BCUT2D eigenvalue weighted by atomic mass is 35.5. The van der Waals surface area contributed by atoms with Crippen molar-refractivity contribution < 1.29 is 4.42 Å². The van der Waals surface area contributed by atoms with Gasteiger partial charge in [0.2, 0.25) is 0 Å². The molecule has 4 aromatic rings. The lowest BCUT2D eigenvalue weighted by atomic mass is 10.1. The molecule has 2 aromatic carbocycles. The van der Waals surface area contributed by atoms with Crippen LogP contribution in [0.4, 0.5) is 10.8 Å². The van der Waals surface area contributed by atoms with Crippen LogP contribution < -0.4 is 10.9 Å². The monoisotopic (exact) mass is 368 g/mol. The van der Waals surface area contributed by atoms with Crippen molar-refractivity contribution in [1.82, 2.24) is 4.98 Å². The standard InChI is InChI=1S/C19H13ClN2O2S/c1-11-4-2-3-5-15(11)21-19-22-16(10-25-19)14-9-12-8-13(20)6-7-17(12)24-18(14)23/h2-10H,1H3,(H,21,22). The molecule has 0 atom stereocenters. The molecule has 0 saturated carbocycles. The summed E-state index contributed by atoms with van der Waals surface area (Å²) >= 11 is 7.46. The maximum atomic E-state index is 12.3. The second-order valence-electron chi connectivity index (χ2n) is 5.61. The lowest BCUT2D eigenvalue weighted by Gasteiger charge is -2.05. The van der Waals surface area contributed by atoms with E-state index in [1.165, 1.54) is 11.3 Å². The average Bonchev–Trinajstić information content (AvgIpc) is 3.05. The van der Waals surface area contributed by atoms with Crippen molar-refractivity contribution >= 4 is 44.7 Å². The summed E-state index contributed by atoms with van der Waals surface area (Å²) in [6.45, 7) is 2.03. The van der Waals surface area contributed by atoms with Crippen molar-refractivity contribution in [2.75, 3.05) is 5.32 Å². The Bertz CT molecular complexity index is 1130. The number of anilines is 2. The first-order chi connectivity index (χ1) is 12.1. The van der Waals surface area contributed by atoms with Gasteiger partial charge in [-0.2, -0.15) is 0 Å². The highest BCUT2D eigenvalue weighted by molar-refractivity contribution is 7.14. The van der Waals surface area contributed by atoms with Crippen LogP contribution in [-0.4, -0.2) is 4.98 Å². The molecule has 25 heavy (non-hydrogen) atoms. The number of hydrogen-bond acceptors (Lipinski definition) is 5. The van der Waals surface area contributed by atoms with Gasteiger partial charge in [0.1, 0.15) is 5.58 Å². The minimum absolute atomic E-state index is 0.414. The summed E-state index contributed by atoms with van der Waals surface area (Å²) in [7, 11) is 0. The number of halogens is 1. The molecule has 1 N–H and O–H groups in total. The van der Waals surface area contributed by atoms with Crippen LogP contribution in [0.2, 0.25) is 5.02 Å². The van der Waals surface area contributed by atoms with Gasteiger partial charge in [0.05, 0.1) is 11.3 Å². The van der Waals surface area contributed by atoms with Gasteiger partial charge in [-0.15, -0.1) is 11.3 Å². The van der Waals surface area contributed by atoms with E-state index in [4.69, 9.17) is 16.0 Å². The Morgan fingerprint density at radius 2 is 2.00 bits per heavy atom. The zero-order valence-corrected chi connectivity index (χ0v) is 14.8. The zero-order valence-electron chi connectivity index (χ0n) is 13.2. The van der Waals surface area contributed by atoms with Gasteiger partial charge >= 0.3 is 5.63 Å². The van der Waals surface area contributed by atoms with Gasteiger partial charge in [-0.3, -0.25) is 0 Å². The van der Waals surface area contributed by atoms with Gasteiger partial charge in [0.15, 0.2) is 5.13 Å². The molecule has 0 fully saturated rings. The molecule has 0 aliphatic rings. The van der Waals surface area contributed by atoms with Gasteiger partial charge in [-0.25, -0.2) is 9.78 Å². The molecule has 0 aliphatic carbocycles. The van der Waals surface area contributed by atoms with Crippen LogP contribution >= 0.6 is 22.9 Å². The summed E-state index contributed by atoms with van der Waals surface area (Å²) in [6.07, 6.45) is 0. The molecular weight excluding hydrogens is 356 g/mol. The Morgan fingerprint density at radius 1 is 1.16 bits per heavy atom. The van der Waals surface area contributed by atoms with E-state index in [0.29, 0.717) is 21.9 Å². The molecule has 2 heterocycles. The molecule has 0 aliphatic heterocycles. The third-order valence-electron chi connectivity index (χ3n) is 3.86. The van der Waals surface area contributed by atoms with Crippen LogP contribution in [0.3, 0.4) is 0 Å². The number of benzene rings is 2. The van der Waals surface area contributed by atoms with Crippen LogP contribution in [0.1, 0.15) is 5.56 Å². The number of nitrogens with zero attached hydrogens (tertiary/aromatic N) is 1. The number of para-hydroxylation sites is 1. The first kappa shape index (κ1) is 15.9. The quantitative estimate of drug-likeness (QED) is 0.477. The van der Waals surface area contributed by atoms with Crippen LogP contribution in [0, 0.1) is 6.92 Å². The third-order valence-corrected chi connectivity index (χ3v) is 4.85. The largest absolute Gasteiger partial charge is 0.422 e. The lowest BCUT2D eigenvalue weighted by molar-refractivity contribution is 0.563. The van der Waals surface area contributed by atoms with E-state index in [-0.39, 0.29) is 0 Å². The van der Waals surface area contributed by atoms with E-state index in [2.05, 4.69) is 10.3 Å². The molecule has 4 rings (SSSR count). The molecule has 124 valence electrons. The van der Waals surface area contributed by atoms with Crippen LogP contribution in [0.25, 0.3) is 22.2 Å². The van der Waals surface area contributed by atoms with Crippen molar-refractivity contribution in [2.24, 2.45) is 0 Å². The predicted octanol–water partition coefficient (Wildman–Crippen LogP) is 5.62. The number of hydrogen-bond donors (Lipinski definition) is 1. The Labute approximate surface area is 152 Å². The lowest BCUT2D eigenvalue weighted by Crippen LogP contribution is -2.03. The fourth-order valence-electron chi connectivity index (χ4n) is 2.56. The molecule has 0 amide bonds. The molecule has 6 heteroatoms. The summed E-state index contributed by atoms with van der Waals surface area (Å²) in [5, 5.41) is 7.19. The van der Waals surface area contributed by atoms with E-state index in [9.17, 15) is 4.79 Å². The summed E-state index contributed by atoms with van der Waals surface area (Å²) in [4.78, 5) is 16.8. The third kappa shape index (κ3) is 3.16. The van der Waals surface area contributed by atoms with Crippen molar-refractivity contribution in [1.29, 1.82) is 0 Å². The van der Waals surface area contributed by atoms with Gasteiger partial charge in [-0.1, -0.05) is 29.8 Å². The molecule has 0 spiro atoms. The molecular formula is C19H13ClN2O2S. The van der Waals surface area contributed by atoms with Crippen LogP contribution in [0.15, 0.2) is 63.1 Å². The van der Waals surface area contributed by atoms with Crippen molar-refractivity contribution in [3.05, 3.63) is 74.9 Å². The summed E-state index contributed by atoms with van der Waals surface area (Å²) in [6, 6.07) is 14.9. The van der Waals surface area contributed by atoms with E-state index in [1.54, 1.807) is 24.3 Å². The van der Waals surface area contributed by atoms with Crippen molar-refractivity contribution in [3.63, 3.8) is 0 Å². The smallest absolute Gasteiger partial charge is 0.345 e. The first-order valence-corrected chi connectivity index (χ1v) is 8.88. The number of thiazole rings is 1. The number of nitrogens with one attached hydrogen (secondary N) is 1. The second kappa shape index (κ2) is 6.35. The van der Waals surface area contributed by atoms with Gasteiger partial charge in [0.25, 0.3) is 0 Å². The fraction of sp³-hybridized carbons (Fsp3) is 0.0526. The fourth-order valence-corrected chi connectivity index (χ4v) is 3.46. The summed E-state index contributed by atoms with van der Waals surface area (Å²) < 4.78 is 5.38. The SMILES string of the molecule is Cc1ccccc1Nc1nc(-c2cc3cc(Cl)ccc3oc2=O)cs1.